The molecule has 5 heteroatoms. The highest BCUT2D eigenvalue weighted by Gasteiger charge is 2.29. The highest BCUT2D eigenvalue weighted by molar-refractivity contribution is 9.10. The van der Waals surface area contributed by atoms with Crippen LogP contribution in [0.4, 0.5) is 0 Å². The summed E-state index contributed by atoms with van der Waals surface area (Å²) in [5.41, 5.74) is 2.36. The largest absolute Gasteiger partial charge is 0.485 e. The molecule has 3 rings (SSSR count). The summed E-state index contributed by atoms with van der Waals surface area (Å²) >= 11 is 3.51. The molecule has 20 heavy (non-hydrogen) atoms. The average molecular weight is 336 g/mol. The summed E-state index contributed by atoms with van der Waals surface area (Å²) in [5.74, 6) is 0.949. The minimum atomic E-state index is 0.0505. The van der Waals surface area contributed by atoms with Crippen molar-refractivity contribution in [1.82, 2.24) is 15.1 Å². The molecular formula is C15H18BrN3O. The Kier molecular flexibility index (Phi) is 3.81. The van der Waals surface area contributed by atoms with E-state index in [1.165, 1.54) is 5.56 Å². The standard InChI is InChI=1S/C15H18BrN3O/c1-3-17-13-7-14(10-8-18-19(2)9-10)20-15-6-11(16)4-5-12(13)15/h4-6,8-9,13-14,17H,3,7H2,1-2H3. The van der Waals surface area contributed by atoms with Gasteiger partial charge in [0.15, 0.2) is 0 Å². The fourth-order valence-electron chi connectivity index (χ4n) is 2.69. The van der Waals surface area contributed by atoms with Crippen molar-refractivity contribution in [2.45, 2.75) is 25.5 Å². The van der Waals surface area contributed by atoms with Crippen molar-refractivity contribution in [3.63, 3.8) is 0 Å². The maximum atomic E-state index is 6.17. The second kappa shape index (κ2) is 5.58. The van der Waals surface area contributed by atoms with Crippen molar-refractivity contribution in [3.8, 4) is 5.75 Å². The quantitative estimate of drug-likeness (QED) is 0.934. The summed E-state index contributed by atoms with van der Waals surface area (Å²) in [6.07, 6.45) is 4.89. The molecule has 4 nitrogen and oxygen atoms in total. The van der Waals surface area contributed by atoms with E-state index in [2.05, 4.69) is 45.4 Å². The first kappa shape index (κ1) is 13.6. The van der Waals surface area contributed by atoms with Crippen LogP contribution in [0.5, 0.6) is 5.75 Å². The van der Waals surface area contributed by atoms with Crippen molar-refractivity contribution < 1.29 is 4.74 Å². The lowest BCUT2D eigenvalue weighted by molar-refractivity contribution is 0.152. The van der Waals surface area contributed by atoms with Gasteiger partial charge in [0.05, 0.1) is 6.20 Å². The van der Waals surface area contributed by atoms with Crippen LogP contribution in [0.15, 0.2) is 35.1 Å². The van der Waals surface area contributed by atoms with E-state index >= 15 is 0 Å². The lowest BCUT2D eigenvalue weighted by atomic mass is 9.94. The zero-order chi connectivity index (χ0) is 14.1. The third-order valence-electron chi connectivity index (χ3n) is 3.62. The van der Waals surface area contributed by atoms with E-state index in [0.29, 0.717) is 6.04 Å². The van der Waals surface area contributed by atoms with E-state index in [-0.39, 0.29) is 6.10 Å². The molecule has 2 unspecified atom stereocenters. The van der Waals surface area contributed by atoms with Crippen LogP contribution in [0, 0.1) is 0 Å². The molecule has 1 aliphatic heterocycles. The number of nitrogens with one attached hydrogen (secondary N) is 1. The Balaban J connectivity index is 1.94. The summed E-state index contributed by atoms with van der Waals surface area (Å²) in [6.45, 7) is 3.08. The third kappa shape index (κ3) is 2.60. The van der Waals surface area contributed by atoms with Gasteiger partial charge in [-0.25, -0.2) is 0 Å². The van der Waals surface area contributed by atoms with Crippen LogP contribution >= 0.6 is 15.9 Å². The van der Waals surface area contributed by atoms with Crippen molar-refractivity contribution in [2.24, 2.45) is 7.05 Å². The Morgan fingerprint density at radius 3 is 3.05 bits per heavy atom. The molecule has 0 saturated heterocycles. The van der Waals surface area contributed by atoms with Crippen molar-refractivity contribution in [2.75, 3.05) is 6.54 Å². The summed E-state index contributed by atoms with van der Waals surface area (Å²) in [5, 5.41) is 7.79. The minimum absolute atomic E-state index is 0.0505. The second-order valence-corrected chi connectivity index (χ2v) is 6.00. The molecule has 0 amide bonds. The van der Waals surface area contributed by atoms with Gasteiger partial charge in [-0.2, -0.15) is 5.10 Å². The number of halogens is 1. The monoisotopic (exact) mass is 335 g/mol. The predicted octanol–water partition coefficient (Wildman–Crippen LogP) is 3.36. The molecule has 2 heterocycles. The molecule has 1 aromatic heterocycles. The number of ether oxygens (including phenoxy) is 1. The van der Waals surface area contributed by atoms with E-state index < -0.39 is 0 Å². The maximum absolute atomic E-state index is 6.17. The lowest BCUT2D eigenvalue weighted by Crippen LogP contribution is -2.28. The number of fused-ring (bicyclic) bond motifs is 1. The minimum Gasteiger partial charge on any atom is -0.485 e. The van der Waals surface area contributed by atoms with Gasteiger partial charge in [-0.15, -0.1) is 0 Å². The number of nitrogens with zero attached hydrogens (tertiary/aromatic N) is 2. The summed E-state index contributed by atoms with van der Waals surface area (Å²) in [4.78, 5) is 0. The van der Waals surface area contributed by atoms with Gasteiger partial charge in [0, 0.05) is 41.3 Å². The second-order valence-electron chi connectivity index (χ2n) is 5.08. The fraction of sp³-hybridized carbons (Fsp3) is 0.400. The highest BCUT2D eigenvalue weighted by Crippen LogP contribution is 2.41. The topological polar surface area (TPSA) is 39.1 Å². The van der Waals surface area contributed by atoms with E-state index in [1.807, 2.05) is 30.2 Å². The number of aromatic nitrogens is 2. The molecule has 0 saturated carbocycles. The molecule has 1 N–H and O–H groups in total. The SMILES string of the molecule is CCNC1CC(c2cnn(C)c2)Oc2cc(Br)ccc21. The predicted molar refractivity (Wildman–Crippen MR) is 81.8 cm³/mol. The maximum Gasteiger partial charge on any atom is 0.129 e. The lowest BCUT2D eigenvalue weighted by Gasteiger charge is -2.32. The molecule has 0 spiro atoms. The van der Waals surface area contributed by atoms with Crippen molar-refractivity contribution in [1.29, 1.82) is 0 Å². The first-order chi connectivity index (χ1) is 9.67. The molecule has 0 fully saturated rings. The fourth-order valence-corrected chi connectivity index (χ4v) is 3.03. The molecular weight excluding hydrogens is 318 g/mol. The van der Waals surface area contributed by atoms with Crippen molar-refractivity contribution in [3.05, 3.63) is 46.2 Å². The molecule has 1 aliphatic rings. The van der Waals surface area contributed by atoms with E-state index in [4.69, 9.17) is 4.74 Å². The Bertz CT molecular complexity index is 611. The molecule has 0 radical (unpaired) electrons. The molecule has 106 valence electrons. The van der Waals surface area contributed by atoms with Crippen LogP contribution in [0.2, 0.25) is 0 Å². The Hall–Kier alpha value is -1.33. The van der Waals surface area contributed by atoms with Gasteiger partial charge in [-0.05, 0) is 18.7 Å². The molecule has 2 atom stereocenters. The first-order valence-corrected chi connectivity index (χ1v) is 7.64. The van der Waals surface area contributed by atoms with Crippen LogP contribution in [-0.2, 0) is 7.05 Å². The summed E-state index contributed by atoms with van der Waals surface area (Å²) < 4.78 is 9.02. The third-order valence-corrected chi connectivity index (χ3v) is 4.11. The van der Waals surface area contributed by atoms with Crippen LogP contribution in [0.1, 0.15) is 36.6 Å². The molecule has 0 bridgehead atoms. The van der Waals surface area contributed by atoms with Crippen LogP contribution in [0.25, 0.3) is 0 Å². The number of aryl methyl sites for hydroxylation is 1. The highest BCUT2D eigenvalue weighted by atomic mass is 79.9. The van der Waals surface area contributed by atoms with E-state index in [9.17, 15) is 0 Å². The average Bonchev–Trinajstić information content (AvgIpc) is 2.85. The van der Waals surface area contributed by atoms with E-state index in [1.54, 1.807) is 0 Å². The zero-order valence-electron chi connectivity index (χ0n) is 11.6. The van der Waals surface area contributed by atoms with Gasteiger partial charge in [-0.1, -0.05) is 28.9 Å². The molecule has 0 aliphatic carbocycles. The van der Waals surface area contributed by atoms with Gasteiger partial charge < -0.3 is 10.1 Å². The van der Waals surface area contributed by atoms with E-state index in [0.717, 1.165) is 28.8 Å². The smallest absolute Gasteiger partial charge is 0.129 e. The van der Waals surface area contributed by atoms with Crippen LogP contribution in [0.3, 0.4) is 0 Å². The Morgan fingerprint density at radius 2 is 2.35 bits per heavy atom. The number of benzene rings is 1. The Morgan fingerprint density at radius 1 is 1.50 bits per heavy atom. The van der Waals surface area contributed by atoms with Gasteiger partial charge in [-0.3, -0.25) is 4.68 Å². The normalized spacial score (nSPS) is 21.4. The number of hydrogen-bond donors (Lipinski definition) is 1. The van der Waals surface area contributed by atoms with Crippen molar-refractivity contribution >= 4 is 15.9 Å². The van der Waals surface area contributed by atoms with Gasteiger partial charge in [0.25, 0.3) is 0 Å². The summed E-state index contributed by atoms with van der Waals surface area (Å²) in [7, 11) is 1.93. The van der Waals surface area contributed by atoms with Crippen LogP contribution in [-0.4, -0.2) is 16.3 Å². The van der Waals surface area contributed by atoms with Crippen LogP contribution < -0.4 is 10.1 Å². The van der Waals surface area contributed by atoms with Gasteiger partial charge in [0.2, 0.25) is 0 Å². The van der Waals surface area contributed by atoms with Gasteiger partial charge >= 0.3 is 0 Å². The Labute approximate surface area is 127 Å². The number of rotatable bonds is 3. The zero-order valence-corrected chi connectivity index (χ0v) is 13.2. The van der Waals surface area contributed by atoms with Gasteiger partial charge in [0.1, 0.15) is 11.9 Å². The number of hydrogen-bond acceptors (Lipinski definition) is 3. The summed E-state index contributed by atoms with van der Waals surface area (Å²) in [6, 6.07) is 6.56. The first-order valence-electron chi connectivity index (χ1n) is 6.85. The molecule has 1 aromatic carbocycles. The molecule has 2 aromatic rings.